The van der Waals surface area contributed by atoms with Crippen molar-refractivity contribution in [2.45, 2.75) is 31.7 Å². The van der Waals surface area contributed by atoms with Crippen molar-refractivity contribution in [1.82, 2.24) is 15.5 Å². The number of amides is 2. The van der Waals surface area contributed by atoms with Crippen molar-refractivity contribution in [2.75, 3.05) is 32.1 Å². The summed E-state index contributed by atoms with van der Waals surface area (Å²) in [7, 11) is 2.15. The smallest absolute Gasteiger partial charge is 0.258 e. The summed E-state index contributed by atoms with van der Waals surface area (Å²) in [6.07, 6.45) is 3.16. The number of nitrogens with one attached hydrogen (secondary N) is 2. The predicted molar refractivity (Wildman–Crippen MR) is 135 cm³/mol. The highest BCUT2D eigenvalue weighted by molar-refractivity contribution is 9.09. The quantitative estimate of drug-likeness (QED) is 0.397. The van der Waals surface area contributed by atoms with E-state index >= 15 is 0 Å². The second kappa shape index (κ2) is 11.4. The monoisotopic (exact) mass is 513 g/mol. The molecule has 0 aromatic heterocycles. The van der Waals surface area contributed by atoms with Gasteiger partial charge in [-0.05, 0) is 43.5 Å². The highest BCUT2D eigenvalue weighted by atomic mass is 79.9. The van der Waals surface area contributed by atoms with Crippen LogP contribution in [0.1, 0.15) is 31.4 Å². The van der Waals surface area contributed by atoms with E-state index in [-0.39, 0.29) is 29.2 Å². The Balaban J connectivity index is 1.76. The minimum atomic E-state index is -0.278. The van der Waals surface area contributed by atoms with E-state index in [1.165, 1.54) is 11.3 Å². The van der Waals surface area contributed by atoms with Gasteiger partial charge < -0.3 is 20.3 Å². The number of nitrogens with zero attached hydrogens (tertiary/aromatic N) is 1. The molecule has 2 aromatic carbocycles. The molecular weight excluding hydrogens is 482 g/mol. The van der Waals surface area contributed by atoms with E-state index in [1.807, 2.05) is 24.3 Å². The van der Waals surface area contributed by atoms with Crippen LogP contribution in [0.25, 0.3) is 0 Å². The first kappa shape index (κ1) is 24.8. The summed E-state index contributed by atoms with van der Waals surface area (Å²) >= 11 is 3.08. The zero-order valence-electron chi connectivity index (χ0n) is 19.4. The predicted octanol–water partition coefficient (Wildman–Crippen LogP) is 3.61. The lowest BCUT2D eigenvalue weighted by atomic mass is 9.70. The minimum absolute atomic E-state index is 0.0824. The topological polar surface area (TPSA) is 70.7 Å². The van der Waals surface area contributed by atoms with Gasteiger partial charge in [0.1, 0.15) is 5.75 Å². The lowest BCUT2D eigenvalue weighted by Gasteiger charge is -2.33. The molecule has 1 aliphatic heterocycles. The average Bonchev–Trinajstić information content (AvgIpc) is 3.11. The van der Waals surface area contributed by atoms with Gasteiger partial charge in [0, 0.05) is 31.9 Å². The molecule has 7 heteroatoms. The van der Waals surface area contributed by atoms with Crippen LogP contribution < -0.4 is 15.4 Å². The van der Waals surface area contributed by atoms with Gasteiger partial charge in [0.2, 0.25) is 5.91 Å². The lowest BCUT2D eigenvalue weighted by Crippen LogP contribution is -2.37. The van der Waals surface area contributed by atoms with Crippen molar-refractivity contribution < 1.29 is 14.3 Å². The second-order valence-corrected chi connectivity index (χ2v) is 8.82. The summed E-state index contributed by atoms with van der Waals surface area (Å²) in [4.78, 5) is 25.7. The Hall–Kier alpha value is -2.80. The molecular formula is C26H32BrN3O3. The second-order valence-electron chi connectivity index (χ2n) is 8.26. The van der Waals surface area contributed by atoms with E-state index in [0.717, 1.165) is 12.0 Å². The molecule has 176 valence electrons. The van der Waals surface area contributed by atoms with Gasteiger partial charge in [-0.15, -0.1) is 0 Å². The fourth-order valence-electron chi connectivity index (χ4n) is 4.60. The SMILES string of the molecule is CC=C1N(C)C(C)CC1(c1ccccc1)c1cccc(OCC(=O)NCCNC(=O)CBr)c1. The first-order valence-electron chi connectivity index (χ1n) is 11.2. The Labute approximate surface area is 204 Å². The van der Waals surface area contributed by atoms with Crippen LogP contribution in [0.4, 0.5) is 0 Å². The summed E-state index contributed by atoms with van der Waals surface area (Å²) < 4.78 is 5.83. The van der Waals surface area contributed by atoms with Crippen LogP contribution in [0.15, 0.2) is 66.4 Å². The maximum Gasteiger partial charge on any atom is 0.258 e. The molecule has 2 unspecified atom stereocenters. The number of likely N-dealkylation sites (tertiary alicyclic amines) is 1. The summed E-state index contributed by atoms with van der Waals surface area (Å²) in [5, 5.41) is 5.68. The van der Waals surface area contributed by atoms with E-state index < -0.39 is 0 Å². The Morgan fingerprint density at radius 1 is 1.09 bits per heavy atom. The third-order valence-electron chi connectivity index (χ3n) is 6.21. The third kappa shape index (κ3) is 5.58. The van der Waals surface area contributed by atoms with E-state index in [4.69, 9.17) is 4.74 Å². The third-order valence-corrected chi connectivity index (χ3v) is 6.72. The number of likely N-dealkylation sites (N-methyl/N-ethyl adjacent to an activating group) is 1. The molecule has 0 spiro atoms. The molecule has 1 heterocycles. The van der Waals surface area contributed by atoms with Crippen molar-refractivity contribution in [3.63, 3.8) is 0 Å². The van der Waals surface area contributed by atoms with Gasteiger partial charge in [-0.3, -0.25) is 9.59 Å². The number of alkyl halides is 1. The van der Waals surface area contributed by atoms with Gasteiger partial charge in [0.05, 0.1) is 10.7 Å². The van der Waals surface area contributed by atoms with Crippen LogP contribution in [-0.2, 0) is 15.0 Å². The van der Waals surface area contributed by atoms with Crippen LogP contribution in [0.3, 0.4) is 0 Å². The first-order chi connectivity index (χ1) is 15.9. The molecule has 3 rings (SSSR count). The van der Waals surface area contributed by atoms with Gasteiger partial charge in [-0.25, -0.2) is 0 Å². The number of ether oxygens (including phenoxy) is 1. The zero-order chi connectivity index (χ0) is 23.8. The molecule has 2 atom stereocenters. The van der Waals surface area contributed by atoms with Gasteiger partial charge in [-0.2, -0.15) is 0 Å². The van der Waals surface area contributed by atoms with Crippen LogP contribution in [-0.4, -0.2) is 54.8 Å². The molecule has 2 N–H and O–H groups in total. The normalized spacial score (nSPS) is 21.2. The molecule has 2 aromatic rings. The fourth-order valence-corrected chi connectivity index (χ4v) is 4.79. The van der Waals surface area contributed by atoms with Crippen molar-refractivity contribution in [1.29, 1.82) is 0 Å². The van der Waals surface area contributed by atoms with Crippen LogP contribution in [0.5, 0.6) is 5.75 Å². The molecule has 1 saturated heterocycles. The number of halogens is 1. The Morgan fingerprint density at radius 3 is 2.42 bits per heavy atom. The van der Waals surface area contributed by atoms with Crippen LogP contribution in [0, 0.1) is 0 Å². The van der Waals surface area contributed by atoms with E-state index in [1.54, 1.807) is 0 Å². The number of hydrogen-bond donors (Lipinski definition) is 2. The van der Waals surface area contributed by atoms with Crippen molar-refractivity contribution >= 4 is 27.7 Å². The summed E-state index contributed by atoms with van der Waals surface area (Å²) in [6, 6.07) is 19.0. The van der Waals surface area contributed by atoms with Gasteiger partial charge in [0.25, 0.3) is 5.91 Å². The summed E-state index contributed by atoms with van der Waals surface area (Å²) in [6.45, 7) is 4.99. The van der Waals surface area contributed by atoms with Gasteiger partial charge in [-0.1, -0.05) is 64.5 Å². The first-order valence-corrected chi connectivity index (χ1v) is 12.3. The lowest BCUT2D eigenvalue weighted by molar-refractivity contribution is -0.123. The molecule has 6 nitrogen and oxygen atoms in total. The molecule has 0 aliphatic carbocycles. The highest BCUT2D eigenvalue weighted by Gasteiger charge is 2.47. The number of benzene rings is 2. The van der Waals surface area contributed by atoms with E-state index in [0.29, 0.717) is 24.9 Å². The van der Waals surface area contributed by atoms with Crippen molar-refractivity contribution in [3.05, 3.63) is 77.5 Å². The van der Waals surface area contributed by atoms with E-state index in [9.17, 15) is 9.59 Å². The number of hydrogen-bond acceptors (Lipinski definition) is 4. The number of allylic oxidation sites excluding steroid dienone is 2. The Bertz CT molecular complexity index is 995. The van der Waals surface area contributed by atoms with Crippen molar-refractivity contribution in [2.24, 2.45) is 0 Å². The molecule has 0 radical (unpaired) electrons. The molecule has 2 amide bonds. The standard InChI is InChI=1S/C26H32BrN3O3/c1-4-23-26(16-19(2)30(23)3,20-9-6-5-7-10-20)21-11-8-12-22(15-21)33-18-25(32)29-14-13-28-24(31)17-27/h4-12,15,19H,13-14,16-18H2,1-3H3,(H,28,31)(H,29,32). The van der Waals surface area contributed by atoms with Crippen LogP contribution in [0.2, 0.25) is 0 Å². The Morgan fingerprint density at radius 2 is 1.76 bits per heavy atom. The number of carbonyl (C=O) groups is 2. The van der Waals surface area contributed by atoms with E-state index in [2.05, 4.69) is 88.8 Å². The summed E-state index contributed by atoms with van der Waals surface area (Å²) in [5.74, 6) is 0.315. The average molecular weight is 514 g/mol. The zero-order valence-corrected chi connectivity index (χ0v) is 21.0. The highest BCUT2D eigenvalue weighted by Crippen LogP contribution is 2.50. The van der Waals surface area contributed by atoms with Gasteiger partial charge in [0.15, 0.2) is 6.61 Å². The fraction of sp³-hybridized carbons (Fsp3) is 0.385. The Kier molecular flexibility index (Phi) is 8.55. The molecule has 33 heavy (non-hydrogen) atoms. The molecule has 0 bridgehead atoms. The van der Waals surface area contributed by atoms with Gasteiger partial charge >= 0.3 is 0 Å². The molecule has 1 fully saturated rings. The molecule has 0 saturated carbocycles. The largest absolute Gasteiger partial charge is 0.484 e. The van der Waals surface area contributed by atoms with Crippen LogP contribution >= 0.6 is 15.9 Å². The van der Waals surface area contributed by atoms with Crippen molar-refractivity contribution in [3.8, 4) is 5.75 Å². The maximum absolute atomic E-state index is 12.2. The number of carbonyl (C=O) groups excluding carboxylic acids is 2. The summed E-state index contributed by atoms with van der Waals surface area (Å²) in [5.41, 5.74) is 3.38. The maximum atomic E-state index is 12.2. The number of rotatable bonds is 9. The minimum Gasteiger partial charge on any atom is -0.484 e. The molecule has 1 aliphatic rings.